The van der Waals surface area contributed by atoms with Crippen molar-refractivity contribution in [1.29, 1.82) is 5.26 Å². The van der Waals surface area contributed by atoms with Gasteiger partial charge in [-0.25, -0.2) is 0 Å². The number of benzene rings is 1. The molecule has 0 spiro atoms. The molecule has 9 heteroatoms. The molecule has 0 radical (unpaired) electrons. The number of aryl methyl sites for hydroxylation is 1. The van der Waals surface area contributed by atoms with Crippen LogP contribution < -0.4 is 5.32 Å². The van der Waals surface area contributed by atoms with Gasteiger partial charge in [0.25, 0.3) is 0 Å². The zero-order chi connectivity index (χ0) is 22.6. The maximum atomic E-state index is 12.8. The fourth-order valence-corrected chi connectivity index (χ4v) is 6.69. The summed E-state index contributed by atoms with van der Waals surface area (Å²) in [5.74, 6) is 0.795. The topological polar surface area (TPSA) is 83.6 Å². The van der Waals surface area contributed by atoms with Gasteiger partial charge in [-0.3, -0.25) is 9.36 Å². The van der Waals surface area contributed by atoms with Gasteiger partial charge >= 0.3 is 0 Å². The summed E-state index contributed by atoms with van der Waals surface area (Å²) in [6, 6.07) is 16.2. The van der Waals surface area contributed by atoms with Gasteiger partial charge in [-0.05, 0) is 54.8 Å². The van der Waals surface area contributed by atoms with E-state index in [0.29, 0.717) is 15.7 Å². The monoisotopic (exact) mass is 491 g/mol. The molecule has 4 aromatic rings. The van der Waals surface area contributed by atoms with Gasteiger partial charge in [0, 0.05) is 10.6 Å². The van der Waals surface area contributed by atoms with Crippen molar-refractivity contribution in [1.82, 2.24) is 14.8 Å². The fourth-order valence-electron chi connectivity index (χ4n) is 3.98. The Morgan fingerprint density at radius 3 is 2.76 bits per heavy atom. The van der Waals surface area contributed by atoms with E-state index in [1.54, 1.807) is 22.7 Å². The summed E-state index contributed by atoms with van der Waals surface area (Å²) in [5.41, 5.74) is 2.72. The van der Waals surface area contributed by atoms with Crippen molar-refractivity contribution in [3.8, 4) is 22.5 Å². The summed E-state index contributed by atoms with van der Waals surface area (Å²) in [6.07, 6.45) is 5.35. The first-order chi connectivity index (χ1) is 16.2. The van der Waals surface area contributed by atoms with Crippen molar-refractivity contribution in [3.63, 3.8) is 0 Å². The smallest absolute Gasteiger partial charge is 0.235 e. The Morgan fingerprint density at radius 1 is 1.12 bits per heavy atom. The number of hydrogen-bond acceptors (Lipinski definition) is 7. The lowest BCUT2D eigenvalue weighted by molar-refractivity contribution is -0.113. The average molecular weight is 492 g/mol. The largest absolute Gasteiger partial charge is 0.316 e. The molecule has 0 aliphatic heterocycles. The molecular weight excluding hydrogens is 470 g/mol. The second-order valence-corrected chi connectivity index (χ2v) is 10.7. The number of rotatable bonds is 6. The number of thiophene rings is 2. The molecule has 1 aliphatic carbocycles. The normalized spacial score (nSPS) is 13.2. The van der Waals surface area contributed by atoms with E-state index in [9.17, 15) is 10.1 Å². The van der Waals surface area contributed by atoms with Gasteiger partial charge in [0.1, 0.15) is 11.1 Å². The SMILES string of the molecule is N#Cc1c(NC(=O)CSc2nnc(-c3cccs3)n2-c2ccccc2)sc2c1CCCCC2. The summed E-state index contributed by atoms with van der Waals surface area (Å²) in [4.78, 5) is 15.1. The maximum Gasteiger partial charge on any atom is 0.235 e. The van der Waals surface area contributed by atoms with Crippen LogP contribution >= 0.6 is 34.4 Å². The third kappa shape index (κ3) is 4.60. The molecular formula is C24H21N5OS3. The number of thioether (sulfide) groups is 1. The number of carbonyl (C=O) groups excluding carboxylic acids is 1. The standard InChI is InChI=1S/C24H21N5OS3/c25-14-18-17-10-5-2-6-11-19(17)33-23(18)26-21(30)15-32-24-28-27-22(20-12-7-13-31-20)29(24)16-8-3-1-4-9-16/h1,3-4,7-9,12-13H,2,5-6,10-11,15H2,(H,26,30). The lowest BCUT2D eigenvalue weighted by atomic mass is 10.1. The molecule has 0 saturated heterocycles. The number of anilines is 1. The quantitative estimate of drug-likeness (QED) is 0.267. The van der Waals surface area contributed by atoms with Crippen LogP contribution in [0.25, 0.3) is 16.4 Å². The Balaban J connectivity index is 1.35. The van der Waals surface area contributed by atoms with Gasteiger partial charge in [-0.1, -0.05) is 42.4 Å². The molecule has 1 amide bonds. The van der Waals surface area contributed by atoms with Crippen LogP contribution in [0.3, 0.4) is 0 Å². The van der Waals surface area contributed by atoms with Gasteiger partial charge in [-0.15, -0.1) is 32.9 Å². The van der Waals surface area contributed by atoms with E-state index in [0.717, 1.165) is 47.6 Å². The highest BCUT2D eigenvalue weighted by Gasteiger charge is 2.22. The molecule has 1 N–H and O–H groups in total. The molecule has 33 heavy (non-hydrogen) atoms. The van der Waals surface area contributed by atoms with Gasteiger partial charge in [0.15, 0.2) is 11.0 Å². The summed E-state index contributed by atoms with van der Waals surface area (Å²) >= 11 is 4.50. The molecule has 1 aliphatic rings. The molecule has 166 valence electrons. The molecule has 0 unspecified atom stereocenters. The Kier molecular flexibility index (Phi) is 6.58. The fraction of sp³-hybridized carbons (Fsp3) is 0.250. The van der Waals surface area contributed by atoms with Crippen LogP contribution in [0.4, 0.5) is 5.00 Å². The van der Waals surface area contributed by atoms with Gasteiger partial charge in [-0.2, -0.15) is 5.26 Å². The van der Waals surface area contributed by atoms with Crippen LogP contribution in [0.1, 0.15) is 35.3 Å². The second kappa shape index (κ2) is 9.91. The van der Waals surface area contributed by atoms with Crippen molar-refractivity contribution in [2.75, 3.05) is 11.1 Å². The summed E-state index contributed by atoms with van der Waals surface area (Å²) in [6.45, 7) is 0. The first-order valence-corrected chi connectivity index (χ1v) is 13.4. The number of nitriles is 1. The average Bonchev–Trinajstić information content (AvgIpc) is 3.54. The molecule has 0 saturated carbocycles. The molecule has 3 heterocycles. The minimum atomic E-state index is -0.145. The van der Waals surface area contributed by atoms with Crippen LogP contribution in [0.2, 0.25) is 0 Å². The van der Waals surface area contributed by atoms with Gasteiger partial charge in [0.05, 0.1) is 16.2 Å². The number of nitrogens with zero attached hydrogens (tertiary/aromatic N) is 4. The van der Waals surface area contributed by atoms with Crippen molar-refractivity contribution >= 4 is 45.3 Å². The second-order valence-electron chi connectivity index (χ2n) is 7.67. The summed E-state index contributed by atoms with van der Waals surface area (Å²) in [7, 11) is 0. The Morgan fingerprint density at radius 2 is 1.97 bits per heavy atom. The Labute approximate surface area is 204 Å². The van der Waals surface area contributed by atoms with Crippen LogP contribution in [-0.2, 0) is 17.6 Å². The van der Waals surface area contributed by atoms with Crippen LogP contribution in [0.5, 0.6) is 0 Å². The van der Waals surface area contributed by atoms with Gasteiger partial charge < -0.3 is 5.32 Å². The number of para-hydroxylation sites is 1. The third-order valence-electron chi connectivity index (χ3n) is 5.51. The van der Waals surface area contributed by atoms with Crippen molar-refractivity contribution in [3.05, 3.63) is 63.8 Å². The minimum Gasteiger partial charge on any atom is -0.316 e. The highest BCUT2D eigenvalue weighted by Crippen LogP contribution is 2.37. The van der Waals surface area contributed by atoms with E-state index >= 15 is 0 Å². The number of aromatic nitrogens is 3. The molecule has 6 nitrogen and oxygen atoms in total. The summed E-state index contributed by atoms with van der Waals surface area (Å²) < 4.78 is 1.98. The molecule has 0 atom stereocenters. The van der Waals surface area contributed by atoms with Crippen molar-refractivity contribution < 1.29 is 4.79 Å². The lowest BCUT2D eigenvalue weighted by Crippen LogP contribution is -2.14. The predicted molar refractivity (Wildman–Crippen MR) is 134 cm³/mol. The Hall–Kier alpha value is -2.93. The van der Waals surface area contributed by atoms with E-state index in [1.165, 1.54) is 23.1 Å². The Bertz CT molecular complexity index is 1300. The van der Waals surface area contributed by atoms with Crippen molar-refractivity contribution in [2.45, 2.75) is 37.3 Å². The summed E-state index contributed by atoms with van der Waals surface area (Å²) in [5, 5.41) is 24.8. The van der Waals surface area contributed by atoms with Gasteiger partial charge in [0.2, 0.25) is 5.91 Å². The molecule has 5 rings (SSSR count). The number of nitrogens with one attached hydrogen (secondary N) is 1. The van der Waals surface area contributed by atoms with E-state index < -0.39 is 0 Å². The predicted octanol–water partition coefficient (Wildman–Crippen LogP) is 5.93. The van der Waals surface area contributed by atoms with E-state index in [2.05, 4.69) is 21.6 Å². The minimum absolute atomic E-state index is 0.145. The highest BCUT2D eigenvalue weighted by molar-refractivity contribution is 7.99. The lowest BCUT2D eigenvalue weighted by Gasteiger charge is -2.09. The highest BCUT2D eigenvalue weighted by atomic mass is 32.2. The van der Waals surface area contributed by atoms with E-state index in [1.807, 2.05) is 52.4 Å². The molecule has 0 bridgehead atoms. The first kappa shape index (κ1) is 21.9. The first-order valence-electron chi connectivity index (χ1n) is 10.8. The molecule has 0 fully saturated rings. The molecule has 1 aromatic carbocycles. The third-order valence-corrected chi connectivity index (χ3v) is 8.51. The number of fused-ring (bicyclic) bond motifs is 1. The number of amides is 1. The van der Waals surface area contributed by atoms with Crippen molar-refractivity contribution in [2.24, 2.45) is 0 Å². The zero-order valence-corrected chi connectivity index (χ0v) is 20.2. The van der Waals surface area contributed by atoms with Crippen LogP contribution in [-0.4, -0.2) is 26.4 Å². The number of carbonyl (C=O) groups is 1. The van der Waals surface area contributed by atoms with Crippen LogP contribution in [0.15, 0.2) is 53.0 Å². The van der Waals surface area contributed by atoms with E-state index in [4.69, 9.17) is 0 Å². The van der Waals surface area contributed by atoms with Crippen LogP contribution in [0, 0.1) is 11.3 Å². The van der Waals surface area contributed by atoms with E-state index in [-0.39, 0.29) is 11.7 Å². The molecule has 3 aromatic heterocycles. The number of hydrogen-bond donors (Lipinski definition) is 1. The zero-order valence-electron chi connectivity index (χ0n) is 17.8. The maximum absolute atomic E-state index is 12.8.